The molecule has 1 heterocycles. The second kappa shape index (κ2) is 7.74. The SMILES string of the molecule is COc1ncc(-c2ccc3c(c2)C(=O)CC3=O)c2c(OC(=O)c3ccccc3)cccc12. The van der Waals surface area contributed by atoms with Crippen LogP contribution in [0.3, 0.4) is 0 Å². The Labute approximate surface area is 183 Å². The molecule has 1 aliphatic rings. The van der Waals surface area contributed by atoms with Gasteiger partial charge in [0.05, 0.1) is 19.1 Å². The predicted molar refractivity (Wildman–Crippen MR) is 118 cm³/mol. The number of ketones is 2. The number of rotatable bonds is 4. The Kier molecular flexibility index (Phi) is 4.75. The minimum absolute atomic E-state index is 0.111. The molecule has 0 N–H and O–H groups in total. The van der Waals surface area contributed by atoms with E-state index in [0.29, 0.717) is 50.2 Å². The summed E-state index contributed by atoms with van der Waals surface area (Å²) in [5.41, 5.74) is 2.60. The van der Waals surface area contributed by atoms with E-state index < -0.39 is 5.97 Å². The van der Waals surface area contributed by atoms with Gasteiger partial charge in [0.1, 0.15) is 5.75 Å². The summed E-state index contributed by atoms with van der Waals surface area (Å²) in [5, 5.41) is 1.28. The van der Waals surface area contributed by atoms with Gasteiger partial charge >= 0.3 is 5.97 Å². The van der Waals surface area contributed by atoms with Crippen LogP contribution in [0.1, 0.15) is 37.5 Å². The average Bonchev–Trinajstić information content (AvgIpc) is 3.11. The molecular weight excluding hydrogens is 406 g/mol. The highest BCUT2D eigenvalue weighted by atomic mass is 16.5. The summed E-state index contributed by atoms with van der Waals surface area (Å²) >= 11 is 0. The Hall–Kier alpha value is -4.32. The monoisotopic (exact) mass is 423 g/mol. The van der Waals surface area contributed by atoms with Crippen LogP contribution in [0.15, 0.2) is 72.9 Å². The first-order valence-corrected chi connectivity index (χ1v) is 10.0. The second-order valence-corrected chi connectivity index (χ2v) is 7.40. The molecule has 3 aromatic carbocycles. The number of carbonyl (C=O) groups is 3. The Balaban J connectivity index is 1.69. The number of hydrogen-bond acceptors (Lipinski definition) is 6. The maximum atomic E-state index is 12.7. The van der Waals surface area contributed by atoms with Crippen molar-refractivity contribution in [1.82, 2.24) is 4.98 Å². The van der Waals surface area contributed by atoms with E-state index in [4.69, 9.17) is 9.47 Å². The van der Waals surface area contributed by atoms with Crippen molar-refractivity contribution in [2.24, 2.45) is 0 Å². The molecular formula is C26H17NO5. The van der Waals surface area contributed by atoms with E-state index in [-0.39, 0.29) is 18.0 Å². The van der Waals surface area contributed by atoms with Crippen LogP contribution in [0.2, 0.25) is 0 Å². The standard InChI is InChI=1S/C26H17NO5/c1-31-25-18-8-5-9-23(32-26(30)15-6-3-2-4-7-15)24(18)20(14-27-25)16-10-11-17-19(12-16)22(29)13-21(17)28/h2-12,14H,13H2,1H3. The molecule has 6 heteroatoms. The van der Waals surface area contributed by atoms with Crippen LogP contribution in [-0.4, -0.2) is 29.6 Å². The zero-order valence-electron chi connectivity index (χ0n) is 17.1. The number of aromatic nitrogens is 1. The smallest absolute Gasteiger partial charge is 0.343 e. The van der Waals surface area contributed by atoms with Crippen LogP contribution in [0.5, 0.6) is 11.6 Å². The van der Waals surface area contributed by atoms with Crippen molar-refractivity contribution in [1.29, 1.82) is 0 Å². The first-order chi connectivity index (χ1) is 15.6. The number of hydrogen-bond donors (Lipinski definition) is 0. The maximum Gasteiger partial charge on any atom is 0.343 e. The van der Waals surface area contributed by atoms with Gasteiger partial charge in [0.25, 0.3) is 0 Å². The summed E-state index contributed by atoms with van der Waals surface area (Å²) in [5.74, 6) is -0.140. The number of methoxy groups -OCH3 is 1. The highest BCUT2D eigenvalue weighted by molar-refractivity contribution is 6.24. The molecule has 32 heavy (non-hydrogen) atoms. The van der Waals surface area contributed by atoms with E-state index in [2.05, 4.69) is 4.98 Å². The Bertz CT molecular complexity index is 1410. The van der Waals surface area contributed by atoms with Gasteiger partial charge in [-0.05, 0) is 35.9 Å². The van der Waals surface area contributed by atoms with Crippen LogP contribution in [0.25, 0.3) is 21.9 Å². The predicted octanol–water partition coefficient (Wildman–Crippen LogP) is 4.90. The second-order valence-electron chi connectivity index (χ2n) is 7.40. The molecule has 0 aliphatic heterocycles. The molecule has 1 aliphatic carbocycles. The lowest BCUT2D eigenvalue weighted by Gasteiger charge is -2.14. The maximum absolute atomic E-state index is 12.7. The summed E-state index contributed by atoms with van der Waals surface area (Å²) in [6.45, 7) is 0. The van der Waals surface area contributed by atoms with Crippen molar-refractivity contribution < 1.29 is 23.9 Å². The molecule has 1 aromatic heterocycles. The number of carbonyl (C=O) groups excluding carboxylic acids is 3. The molecule has 0 saturated carbocycles. The molecule has 4 aromatic rings. The van der Waals surface area contributed by atoms with Crippen LogP contribution < -0.4 is 9.47 Å². The molecule has 0 atom stereocenters. The first kappa shape index (κ1) is 19.6. The lowest BCUT2D eigenvalue weighted by atomic mass is 9.96. The molecule has 0 fully saturated rings. The molecule has 0 saturated heterocycles. The van der Waals surface area contributed by atoms with Crippen LogP contribution >= 0.6 is 0 Å². The Morgan fingerprint density at radius 3 is 2.44 bits per heavy atom. The fourth-order valence-electron chi connectivity index (χ4n) is 3.97. The molecule has 156 valence electrons. The number of esters is 1. The van der Waals surface area contributed by atoms with E-state index in [1.807, 2.05) is 12.1 Å². The van der Waals surface area contributed by atoms with Crippen molar-refractivity contribution in [2.45, 2.75) is 6.42 Å². The van der Waals surface area contributed by atoms with Gasteiger partial charge in [0, 0.05) is 33.7 Å². The third-order valence-electron chi connectivity index (χ3n) is 5.49. The van der Waals surface area contributed by atoms with Gasteiger partial charge in [-0.3, -0.25) is 9.59 Å². The third-order valence-corrected chi connectivity index (χ3v) is 5.49. The Morgan fingerprint density at radius 2 is 1.66 bits per heavy atom. The fraction of sp³-hybridized carbons (Fsp3) is 0.0769. The lowest BCUT2D eigenvalue weighted by molar-refractivity contribution is 0.0736. The molecule has 0 amide bonds. The normalized spacial score (nSPS) is 12.7. The summed E-state index contributed by atoms with van der Waals surface area (Å²) < 4.78 is 11.2. The molecule has 6 nitrogen and oxygen atoms in total. The van der Waals surface area contributed by atoms with Gasteiger partial charge < -0.3 is 9.47 Å². The van der Waals surface area contributed by atoms with E-state index in [1.54, 1.807) is 60.8 Å². The van der Waals surface area contributed by atoms with Crippen molar-refractivity contribution in [2.75, 3.05) is 7.11 Å². The number of nitrogens with zero attached hydrogens (tertiary/aromatic N) is 1. The van der Waals surface area contributed by atoms with Crippen LogP contribution in [-0.2, 0) is 0 Å². The summed E-state index contributed by atoms with van der Waals surface area (Å²) in [6.07, 6.45) is 1.50. The zero-order valence-corrected chi connectivity index (χ0v) is 17.1. The lowest BCUT2D eigenvalue weighted by Crippen LogP contribution is -2.09. The number of ether oxygens (including phenoxy) is 2. The molecule has 5 rings (SSSR count). The first-order valence-electron chi connectivity index (χ1n) is 10.0. The molecule has 0 radical (unpaired) electrons. The van der Waals surface area contributed by atoms with Crippen molar-refractivity contribution in [3.05, 3.63) is 89.6 Å². The van der Waals surface area contributed by atoms with E-state index >= 15 is 0 Å². The highest BCUT2D eigenvalue weighted by Crippen LogP contribution is 2.40. The topological polar surface area (TPSA) is 82.6 Å². The van der Waals surface area contributed by atoms with Gasteiger partial charge in [-0.1, -0.05) is 36.4 Å². The van der Waals surface area contributed by atoms with Crippen LogP contribution in [0, 0.1) is 0 Å². The Morgan fingerprint density at radius 1 is 0.875 bits per heavy atom. The minimum atomic E-state index is -0.491. The van der Waals surface area contributed by atoms with E-state index in [0.717, 1.165) is 0 Å². The summed E-state index contributed by atoms with van der Waals surface area (Å²) in [7, 11) is 1.52. The van der Waals surface area contributed by atoms with Gasteiger partial charge in [0.15, 0.2) is 11.6 Å². The van der Waals surface area contributed by atoms with Gasteiger partial charge in [-0.25, -0.2) is 9.78 Å². The fourth-order valence-corrected chi connectivity index (χ4v) is 3.97. The largest absolute Gasteiger partial charge is 0.481 e. The number of pyridine rings is 1. The van der Waals surface area contributed by atoms with Crippen molar-refractivity contribution in [3.63, 3.8) is 0 Å². The van der Waals surface area contributed by atoms with Crippen molar-refractivity contribution >= 4 is 28.3 Å². The molecule has 0 unspecified atom stereocenters. The quantitative estimate of drug-likeness (QED) is 0.264. The van der Waals surface area contributed by atoms with Gasteiger partial charge in [-0.2, -0.15) is 0 Å². The van der Waals surface area contributed by atoms with Gasteiger partial charge in [0.2, 0.25) is 5.88 Å². The van der Waals surface area contributed by atoms with E-state index in [1.165, 1.54) is 7.11 Å². The van der Waals surface area contributed by atoms with Crippen molar-refractivity contribution in [3.8, 4) is 22.8 Å². The van der Waals surface area contributed by atoms with Gasteiger partial charge in [-0.15, -0.1) is 0 Å². The molecule has 0 spiro atoms. The number of Topliss-reactive ketones (excluding diaryl/α,β-unsaturated/α-hetero) is 2. The summed E-state index contributed by atoms with van der Waals surface area (Å²) in [6, 6.07) is 19.1. The number of benzene rings is 3. The average molecular weight is 423 g/mol. The third kappa shape index (κ3) is 3.22. The summed E-state index contributed by atoms with van der Waals surface area (Å²) in [4.78, 5) is 41.4. The number of fused-ring (bicyclic) bond motifs is 2. The zero-order chi connectivity index (χ0) is 22.2. The minimum Gasteiger partial charge on any atom is -0.481 e. The van der Waals surface area contributed by atoms with E-state index in [9.17, 15) is 14.4 Å². The molecule has 0 bridgehead atoms. The highest BCUT2D eigenvalue weighted by Gasteiger charge is 2.28. The van der Waals surface area contributed by atoms with Crippen LogP contribution in [0.4, 0.5) is 0 Å².